The first kappa shape index (κ1) is 26.2. The molecule has 0 radical (unpaired) electrons. The molecule has 2 aromatic carbocycles. The van der Waals surface area contributed by atoms with Gasteiger partial charge in [0.05, 0.1) is 28.5 Å². The normalized spacial score (nSPS) is 16.2. The van der Waals surface area contributed by atoms with Crippen molar-refractivity contribution in [3.05, 3.63) is 107 Å². The summed E-state index contributed by atoms with van der Waals surface area (Å²) < 4.78 is 20.7. The number of aromatic nitrogens is 2. The summed E-state index contributed by atoms with van der Waals surface area (Å²) in [7, 11) is 0. The quantitative estimate of drug-likeness (QED) is 0.325. The summed E-state index contributed by atoms with van der Waals surface area (Å²) in [6.45, 7) is 7.88. The zero-order valence-electron chi connectivity index (χ0n) is 22.4. The van der Waals surface area contributed by atoms with E-state index in [1.807, 2.05) is 62.4 Å². The van der Waals surface area contributed by atoms with Gasteiger partial charge in [0.1, 0.15) is 0 Å². The zero-order chi connectivity index (χ0) is 28.1. The molecule has 0 spiro atoms. The molecular formula is C30H26ClN3O5S. The Kier molecular flexibility index (Phi) is 6.64. The highest BCUT2D eigenvalue weighted by Crippen LogP contribution is 2.38. The van der Waals surface area contributed by atoms with Crippen LogP contribution in [0.3, 0.4) is 0 Å². The Hall–Kier alpha value is -4.08. The summed E-state index contributed by atoms with van der Waals surface area (Å²) in [5, 5.41) is 0.669. The van der Waals surface area contributed by atoms with Gasteiger partial charge in [0.15, 0.2) is 16.3 Å². The van der Waals surface area contributed by atoms with Crippen LogP contribution in [-0.4, -0.2) is 28.5 Å². The van der Waals surface area contributed by atoms with Gasteiger partial charge in [0.25, 0.3) is 5.56 Å². The summed E-state index contributed by atoms with van der Waals surface area (Å²) in [6.07, 6.45) is 1.89. The van der Waals surface area contributed by atoms with Gasteiger partial charge in [-0.1, -0.05) is 29.0 Å². The van der Waals surface area contributed by atoms with Crippen molar-refractivity contribution in [2.75, 3.05) is 13.4 Å². The highest BCUT2D eigenvalue weighted by atomic mass is 35.5. The van der Waals surface area contributed by atoms with Gasteiger partial charge in [-0.15, -0.1) is 0 Å². The number of nitrogens with zero attached hydrogens (tertiary/aromatic N) is 3. The van der Waals surface area contributed by atoms with Gasteiger partial charge in [-0.3, -0.25) is 9.36 Å². The molecule has 0 bridgehead atoms. The highest BCUT2D eigenvalue weighted by molar-refractivity contribution is 7.07. The molecule has 0 unspecified atom stereocenters. The van der Waals surface area contributed by atoms with E-state index in [1.54, 1.807) is 24.5 Å². The van der Waals surface area contributed by atoms with E-state index in [0.29, 0.717) is 42.7 Å². The van der Waals surface area contributed by atoms with Crippen molar-refractivity contribution in [3.8, 4) is 17.2 Å². The number of halogens is 1. The number of fused-ring (bicyclic) bond motifs is 2. The number of carbonyl (C=O) groups excluding carboxylic acids is 1. The summed E-state index contributed by atoms with van der Waals surface area (Å²) in [5.74, 6) is 0.671. The minimum absolute atomic E-state index is 0.121. The van der Waals surface area contributed by atoms with Gasteiger partial charge in [-0.05, 0) is 87.4 Å². The second-order valence-electron chi connectivity index (χ2n) is 9.55. The average molecular weight is 576 g/mol. The molecule has 40 heavy (non-hydrogen) atoms. The molecule has 2 aliphatic heterocycles. The first-order valence-corrected chi connectivity index (χ1v) is 14.0. The number of allylic oxidation sites excluding steroid dienone is 1. The second-order valence-corrected chi connectivity index (χ2v) is 11.0. The lowest BCUT2D eigenvalue weighted by Gasteiger charge is -2.24. The van der Waals surface area contributed by atoms with Crippen LogP contribution in [0.2, 0.25) is 5.02 Å². The lowest BCUT2D eigenvalue weighted by molar-refractivity contribution is -0.139. The minimum Gasteiger partial charge on any atom is -0.463 e. The van der Waals surface area contributed by atoms with Gasteiger partial charge >= 0.3 is 5.97 Å². The summed E-state index contributed by atoms with van der Waals surface area (Å²) >= 11 is 7.39. The van der Waals surface area contributed by atoms with Crippen molar-refractivity contribution in [3.63, 3.8) is 0 Å². The number of thiazole rings is 1. The van der Waals surface area contributed by atoms with E-state index in [9.17, 15) is 9.59 Å². The maximum Gasteiger partial charge on any atom is 0.338 e. The Labute approximate surface area is 239 Å². The van der Waals surface area contributed by atoms with Crippen molar-refractivity contribution < 1.29 is 19.0 Å². The molecule has 0 aliphatic carbocycles. The van der Waals surface area contributed by atoms with E-state index in [0.717, 1.165) is 22.6 Å². The molecule has 4 heterocycles. The van der Waals surface area contributed by atoms with Gasteiger partial charge < -0.3 is 18.8 Å². The molecule has 0 amide bonds. The van der Waals surface area contributed by atoms with E-state index in [1.165, 1.54) is 11.3 Å². The molecule has 8 nitrogen and oxygen atoms in total. The molecule has 0 N–H and O–H groups in total. The van der Waals surface area contributed by atoms with Crippen molar-refractivity contribution in [2.45, 2.75) is 33.7 Å². The van der Waals surface area contributed by atoms with Crippen LogP contribution in [-0.2, 0) is 9.53 Å². The van der Waals surface area contributed by atoms with E-state index in [-0.39, 0.29) is 19.0 Å². The minimum atomic E-state index is -0.728. The third-order valence-electron chi connectivity index (χ3n) is 7.07. The number of esters is 1. The molecular weight excluding hydrogens is 550 g/mol. The maximum absolute atomic E-state index is 14.0. The van der Waals surface area contributed by atoms with Crippen molar-refractivity contribution >= 4 is 35.0 Å². The second kappa shape index (κ2) is 10.1. The first-order chi connectivity index (χ1) is 19.3. The van der Waals surface area contributed by atoms with E-state index in [4.69, 9.17) is 25.8 Å². The van der Waals surface area contributed by atoms with Crippen LogP contribution in [0.5, 0.6) is 11.5 Å². The number of hydrogen-bond donors (Lipinski definition) is 0. The Morgan fingerprint density at radius 1 is 1.12 bits per heavy atom. The lowest BCUT2D eigenvalue weighted by Crippen LogP contribution is -2.39. The van der Waals surface area contributed by atoms with Crippen LogP contribution in [0.4, 0.5) is 0 Å². The third kappa shape index (κ3) is 4.35. The smallest absolute Gasteiger partial charge is 0.338 e. The first-order valence-electron chi connectivity index (χ1n) is 12.8. The molecule has 2 aliphatic rings. The molecule has 204 valence electrons. The lowest BCUT2D eigenvalue weighted by atomic mass is 9.95. The fourth-order valence-electron chi connectivity index (χ4n) is 5.25. The molecule has 0 saturated carbocycles. The fourth-order valence-corrected chi connectivity index (χ4v) is 6.42. The monoisotopic (exact) mass is 575 g/mol. The van der Waals surface area contributed by atoms with E-state index in [2.05, 4.69) is 9.56 Å². The van der Waals surface area contributed by atoms with Crippen molar-refractivity contribution in [2.24, 2.45) is 4.99 Å². The SMILES string of the molecule is CCOC(=O)C1=C(C)N=c2sc(=Cc3cc(C)n(-c4ccc(Cl)cc4)c3C)c(=O)n2[C@@H]1c1ccc2c(c1)OCO2. The molecule has 0 fully saturated rings. The molecule has 0 saturated heterocycles. The Balaban J connectivity index is 1.52. The van der Waals surface area contributed by atoms with E-state index < -0.39 is 12.0 Å². The third-order valence-corrected chi connectivity index (χ3v) is 8.31. The Morgan fingerprint density at radius 2 is 1.88 bits per heavy atom. The van der Waals surface area contributed by atoms with Gasteiger partial charge in [-0.2, -0.15) is 0 Å². The number of aryl methyl sites for hydroxylation is 1. The number of hydrogen-bond acceptors (Lipinski definition) is 7. The van der Waals surface area contributed by atoms with Gasteiger partial charge in [0.2, 0.25) is 6.79 Å². The van der Waals surface area contributed by atoms with Crippen LogP contribution < -0.4 is 24.4 Å². The Morgan fingerprint density at radius 3 is 2.62 bits per heavy atom. The van der Waals surface area contributed by atoms with Crippen LogP contribution in [0.25, 0.3) is 11.8 Å². The van der Waals surface area contributed by atoms with Gasteiger partial charge in [0, 0.05) is 22.1 Å². The largest absolute Gasteiger partial charge is 0.463 e. The predicted octanol–water partition coefficient (Wildman–Crippen LogP) is 4.59. The van der Waals surface area contributed by atoms with Crippen molar-refractivity contribution in [1.82, 2.24) is 9.13 Å². The molecule has 6 rings (SSSR count). The number of rotatable bonds is 5. The maximum atomic E-state index is 14.0. The molecule has 10 heteroatoms. The molecule has 2 aromatic heterocycles. The van der Waals surface area contributed by atoms with Crippen LogP contribution in [0, 0.1) is 13.8 Å². The van der Waals surface area contributed by atoms with Crippen molar-refractivity contribution in [1.29, 1.82) is 0 Å². The van der Waals surface area contributed by atoms with E-state index >= 15 is 0 Å². The summed E-state index contributed by atoms with van der Waals surface area (Å²) in [5.41, 5.74) is 5.21. The summed E-state index contributed by atoms with van der Waals surface area (Å²) in [6, 6.07) is 14.4. The standard InChI is InChI=1S/C30H26ClN3O5S/c1-5-37-29(36)26-17(3)32-30-34(27(26)19-6-11-23-24(13-19)39-15-38-23)28(35)25(40-30)14-20-12-16(2)33(18(20)4)22-9-7-21(31)8-10-22/h6-14,27H,5,15H2,1-4H3/t27-/m1/s1. The topological polar surface area (TPSA) is 84.1 Å². The number of benzene rings is 2. The molecule has 1 atom stereocenters. The van der Waals surface area contributed by atoms with Crippen LogP contribution in [0.1, 0.15) is 42.4 Å². The highest BCUT2D eigenvalue weighted by Gasteiger charge is 2.34. The predicted molar refractivity (Wildman–Crippen MR) is 153 cm³/mol. The zero-order valence-corrected chi connectivity index (χ0v) is 23.9. The number of ether oxygens (including phenoxy) is 3. The number of carbonyl (C=O) groups is 1. The van der Waals surface area contributed by atoms with Crippen LogP contribution >= 0.6 is 22.9 Å². The average Bonchev–Trinajstić information content (AvgIpc) is 3.59. The Bertz CT molecular complexity index is 1880. The summed E-state index contributed by atoms with van der Waals surface area (Å²) in [4.78, 5) is 32.3. The molecule has 4 aromatic rings. The van der Waals surface area contributed by atoms with Crippen LogP contribution in [0.15, 0.2) is 69.6 Å². The fraction of sp³-hybridized carbons (Fsp3) is 0.233. The van der Waals surface area contributed by atoms with Gasteiger partial charge in [-0.25, -0.2) is 9.79 Å².